The summed E-state index contributed by atoms with van der Waals surface area (Å²) >= 11 is 0. The number of amides is 1. The van der Waals surface area contributed by atoms with Crippen LogP contribution in [0.15, 0.2) is 60.8 Å². The summed E-state index contributed by atoms with van der Waals surface area (Å²) in [4.78, 5) is 16.5. The van der Waals surface area contributed by atoms with E-state index in [1.807, 2.05) is 19.9 Å². The van der Waals surface area contributed by atoms with E-state index in [1.165, 1.54) is 6.07 Å². The molecule has 3 aromatic rings. The van der Waals surface area contributed by atoms with Crippen LogP contribution in [0.4, 0.5) is 15.8 Å². The van der Waals surface area contributed by atoms with E-state index in [2.05, 4.69) is 33.8 Å². The lowest BCUT2D eigenvalue weighted by Gasteiger charge is -2.11. The number of nitrogens with zero attached hydrogens (tertiary/aromatic N) is 1. The van der Waals surface area contributed by atoms with Crippen molar-refractivity contribution in [2.45, 2.75) is 20.3 Å². The number of aryl methyl sites for hydroxylation is 2. The Morgan fingerprint density at radius 1 is 1.07 bits per heavy atom. The van der Waals surface area contributed by atoms with Gasteiger partial charge >= 0.3 is 0 Å². The minimum Gasteiger partial charge on any atom is -0.355 e. The summed E-state index contributed by atoms with van der Waals surface area (Å²) in [6, 6.07) is 16.3. The lowest BCUT2D eigenvalue weighted by molar-refractivity contribution is 0.0949. The fourth-order valence-corrected chi connectivity index (χ4v) is 2.76. The highest BCUT2D eigenvalue weighted by atomic mass is 19.1. The number of hydrogen-bond donors (Lipinski definition) is 2. The van der Waals surface area contributed by atoms with Gasteiger partial charge in [0.1, 0.15) is 11.5 Å². The van der Waals surface area contributed by atoms with Crippen LogP contribution >= 0.6 is 0 Å². The molecule has 1 heterocycles. The van der Waals surface area contributed by atoms with Crippen LogP contribution in [-0.4, -0.2) is 17.4 Å². The number of hydrogen-bond acceptors (Lipinski definition) is 3. The zero-order valence-electron chi connectivity index (χ0n) is 15.4. The maximum Gasteiger partial charge on any atom is 0.269 e. The van der Waals surface area contributed by atoms with Crippen LogP contribution in [0.25, 0.3) is 0 Å². The van der Waals surface area contributed by atoms with Crippen LogP contribution in [0.1, 0.15) is 27.2 Å². The van der Waals surface area contributed by atoms with Crippen molar-refractivity contribution in [3.8, 4) is 0 Å². The highest BCUT2D eigenvalue weighted by Gasteiger charge is 2.09. The molecule has 2 N–H and O–H groups in total. The highest BCUT2D eigenvalue weighted by molar-refractivity contribution is 5.93. The number of carbonyl (C=O) groups excluding carboxylic acids is 1. The molecule has 0 aliphatic heterocycles. The number of halogens is 1. The van der Waals surface area contributed by atoms with Gasteiger partial charge in [0.25, 0.3) is 5.91 Å². The lowest BCUT2D eigenvalue weighted by atomic mass is 10.1. The van der Waals surface area contributed by atoms with Gasteiger partial charge in [-0.1, -0.05) is 30.3 Å². The fourth-order valence-electron chi connectivity index (χ4n) is 2.76. The second-order valence-electron chi connectivity index (χ2n) is 6.47. The van der Waals surface area contributed by atoms with Crippen molar-refractivity contribution in [1.82, 2.24) is 10.3 Å². The highest BCUT2D eigenvalue weighted by Crippen LogP contribution is 2.22. The minimum atomic E-state index is -0.282. The molecule has 0 unspecified atom stereocenters. The third-order valence-electron chi connectivity index (χ3n) is 4.30. The first-order valence-corrected chi connectivity index (χ1v) is 8.85. The van der Waals surface area contributed by atoms with E-state index >= 15 is 0 Å². The monoisotopic (exact) mass is 363 g/mol. The molecule has 5 heteroatoms. The molecule has 0 spiro atoms. The first-order chi connectivity index (χ1) is 13.0. The zero-order chi connectivity index (χ0) is 19.2. The lowest BCUT2D eigenvalue weighted by Crippen LogP contribution is -2.26. The number of nitrogens with one attached hydrogen (secondary N) is 2. The first kappa shape index (κ1) is 18.6. The van der Waals surface area contributed by atoms with Crippen molar-refractivity contribution < 1.29 is 9.18 Å². The molecular weight excluding hydrogens is 341 g/mol. The van der Waals surface area contributed by atoms with Gasteiger partial charge in [-0.3, -0.25) is 9.78 Å². The predicted molar refractivity (Wildman–Crippen MR) is 106 cm³/mol. The second-order valence-corrected chi connectivity index (χ2v) is 6.47. The third-order valence-corrected chi connectivity index (χ3v) is 4.30. The maximum absolute atomic E-state index is 13.6. The Hall–Kier alpha value is -3.21. The Morgan fingerprint density at radius 2 is 1.89 bits per heavy atom. The molecular formula is C22H22FN3O. The Bertz CT molecular complexity index is 956. The van der Waals surface area contributed by atoms with Gasteiger partial charge in [0, 0.05) is 24.1 Å². The molecule has 3 rings (SSSR count). The van der Waals surface area contributed by atoms with Crippen molar-refractivity contribution >= 4 is 17.3 Å². The summed E-state index contributed by atoms with van der Waals surface area (Å²) in [6.07, 6.45) is 2.03. The average Bonchev–Trinajstić information content (AvgIpc) is 2.66. The maximum atomic E-state index is 13.6. The molecule has 0 saturated carbocycles. The Morgan fingerprint density at radius 3 is 2.70 bits per heavy atom. The Balaban J connectivity index is 1.63. The molecule has 27 heavy (non-hydrogen) atoms. The third kappa shape index (κ3) is 4.91. The van der Waals surface area contributed by atoms with E-state index in [0.29, 0.717) is 24.2 Å². The molecule has 1 amide bonds. The molecule has 0 saturated heterocycles. The van der Waals surface area contributed by atoms with Gasteiger partial charge in [-0.2, -0.15) is 0 Å². The molecule has 0 bridgehead atoms. The molecule has 0 aliphatic rings. The van der Waals surface area contributed by atoms with Crippen LogP contribution in [0.3, 0.4) is 0 Å². The normalized spacial score (nSPS) is 10.5. The van der Waals surface area contributed by atoms with Crippen molar-refractivity contribution in [3.05, 3.63) is 89.0 Å². The first-order valence-electron chi connectivity index (χ1n) is 8.85. The molecule has 4 nitrogen and oxygen atoms in total. The van der Waals surface area contributed by atoms with E-state index in [9.17, 15) is 9.18 Å². The summed E-state index contributed by atoms with van der Waals surface area (Å²) in [5.41, 5.74) is 4.96. The molecule has 0 atom stereocenters. The van der Waals surface area contributed by atoms with Gasteiger partial charge in [-0.05, 0) is 61.2 Å². The van der Waals surface area contributed by atoms with Crippen molar-refractivity contribution in [2.24, 2.45) is 0 Å². The van der Waals surface area contributed by atoms with E-state index < -0.39 is 0 Å². The summed E-state index contributed by atoms with van der Waals surface area (Å²) in [5, 5.41) is 6.12. The van der Waals surface area contributed by atoms with Gasteiger partial charge < -0.3 is 10.6 Å². The van der Waals surface area contributed by atoms with E-state index in [-0.39, 0.29) is 11.7 Å². The van der Waals surface area contributed by atoms with Crippen LogP contribution in [0.2, 0.25) is 0 Å². The minimum absolute atomic E-state index is 0.260. The van der Waals surface area contributed by atoms with E-state index in [1.54, 1.807) is 30.5 Å². The summed E-state index contributed by atoms with van der Waals surface area (Å²) in [6.45, 7) is 4.40. The molecule has 0 radical (unpaired) electrons. The summed E-state index contributed by atoms with van der Waals surface area (Å²) in [5.74, 6) is -0.541. The van der Waals surface area contributed by atoms with Crippen LogP contribution < -0.4 is 10.6 Å². The number of aromatic nitrogens is 1. The largest absolute Gasteiger partial charge is 0.355 e. The van der Waals surface area contributed by atoms with Gasteiger partial charge in [0.2, 0.25) is 0 Å². The Labute approximate surface area is 158 Å². The molecule has 1 aromatic heterocycles. The SMILES string of the molecule is Cc1ccc(C)c(Nc2ccnc(C(=O)NCCc3ccccc3F)c2)c1. The quantitative estimate of drug-likeness (QED) is 0.675. The molecule has 138 valence electrons. The molecule has 0 aliphatic carbocycles. The van der Waals surface area contributed by atoms with Gasteiger partial charge in [0.05, 0.1) is 0 Å². The molecule has 0 fully saturated rings. The van der Waals surface area contributed by atoms with Crippen molar-refractivity contribution in [1.29, 1.82) is 0 Å². The van der Waals surface area contributed by atoms with Crippen LogP contribution in [0.5, 0.6) is 0 Å². The van der Waals surface area contributed by atoms with E-state index in [4.69, 9.17) is 0 Å². The standard InChI is InChI=1S/C22H22FN3O/c1-15-7-8-16(2)20(13-15)26-18-10-12-24-21(14-18)22(27)25-11-9-17-5-3-4-6-19(17)23/h3-8,10,12-14H,9,11H2,1-2H3,(H,24,26)(H,25,27). The average molecular weight is 363 g/mol. The predicted octanol–water partition coefficient (Wildman–Crippen LogP) is 4.55. The summed E-state index contributed by atoms with van der Waals surface area (Å²) < 4.78 is 13.6. The van der Waals surface area contributed by atoms with Gasteiger partial charge in [0.15, 0.2) is 0 Å². The number of rotatable bonds is 6. The van der Waals surface area contributed by atoms with Crippen LogP contribution in [0, 0.1) is 19.7 Å². The van der Waals surface area contributed by atoms with Crippen molar-refractivity contribution in [3.63, 3.8) is 0 Å². The van der Waals surface area contributed by atoms with Crippen molar-refractivity contribution in [2.75, 3.05) is 11.9 Å². The van der Waals surface area contributed by atoms with E-state index in [0.717, 1.165) is 22.5 Å². The summed E-state index contributed by atoms with van der Waals surface area (Å²) in [7, 11) is 0. The second kappa shape index (κ2) is 8.45. The number of anilines is 2. The smallest absolute Gasteiger partial charge is 0.269 e. The van der Waals surface area contributed by atoms with Crippen LogP contribution in [-0.2, 0) is 6.42 Å². The Kier molecular flexibility index (Phi) is 5.81. The number of carbonyl (C=O) groups is 1. The number of benzene rings is 2. The fraction of sp³-hybridized carbons (Fsp3) is 0.182. The van der Waals surface area contributed by atoms with Gasteiger partial charge in [-0.15, -0.1) is 0 Å². The topological polar surface area (TPSA) is 54.0 Å². The zero-order valence-corrected chi connectivity index (χ0v) is 15.4. The van der Waals surface area contributed by atoms with Gasteiger partial charge in [-0.25, -0.2) is 4.39 Å². The number of pyridine rings is 1. The molecule has 2 aromatic carbocycles.